The molecule has 1 aliphatic rings. The molecule has 0 bridgehead atoms. The van der Waals surface area contributed by atoms with E-state index in [4.69, 9.17) is 11.6 Å². The van der Waals surface area contributed by atoms with Gasteiger partial charge in [-0.2, -0.15) is 0 Å². The zero-order valence-electron chi connectivity index (χ0n) is 9.29. The highest BCUT2D eigenvalue weighted by Gasteiger charge is 2.27. The molecule has 2 atom stereocenters. The van der Waals surface area contributed by atoms with Gasteiger partial charge in [-0.05, 0) is 50.3 Å². The van der Waals surface area contributed by atoms with E-state index in [1.807, 2.05) is 6.07 Å². The number of rotatable bonds is 5. The standard InChI is InChI=1S/C12H18ClNS/c1-8(10-3-4-10)7-14-9(2)11-5-6-12(13)15-11/h5-6,8-10,14H,3-4,7H2,1-2H3. The van der Waals surface area contributed by atoms with Crippen LogP contribution in [0, 0.1) is 11.8 Å². The fraction of sp³-hybridized carbons (Fsp3) is 0.667. The molecule has 1 nitrogen and oxygen atoms in total. The molecule has 0 radical (unpaired) electrons. The predicted molar refractivity (Wildman–Crippen MR) is 67.6 cm³/mol. The third-order valence-electron chi connectivity index (χ3n) is 3.19. The zero-order valence-corrected chi connectivity index (χ0v) is 10.9. The number of nitrogens with one attached hydrogen (secondary N) is 1. The summed E-state index contributed by atoms with van der Waals surface area (Å²) in [7, 11) is 0. The SMILES string of the molecule is CC(NCC(C)C1CC1)c1ccc(Cl)s1. The number of hydrogen-bond acceptors (Lipinski definition) is 2. The summed E-state index contributed by atoms with van der Waals surface area (Å²) in [5.41, 5.74) is 0. The van der Waals surface area contributed by atoms with Crippen LogP contribution in [0.2, 0.25) is 4.34 Å². The van der Waals surface area contributed by atoms with E-state index in [1.54, 1.807) is 11.3 Å². The van der Waals surface area contributed by atoms with Gasteiger partial charge in [0.25, 0.3) is 0 Å². The Morgan fingerprint density at radius 2 is 2.20 bits per heavy atom. The van der Waals surface area contributed by atoms with Crippen molar-refractivity contribution in [2.24, 2.45) is 11.8 Å². The maximum atomic E-state index is 5.92. The lowest BCUT2D eigenvalue weighted by molar-refractivity contribution is 0.434. The Morgan fingerprint density at radius 3 is 2.73 bits per heavy atom. The van der Waals surface area contributed by atoms with Crippen LogP contribution in [0.3, 0.4) is 0 Å². The molecule has 84 valence electrons. The molecule has 2 unspecified atom stereocenters. The maximum Gasteiger partial charge on any atom is 0.0931 e. The molecule has 15 heavy (non-hydrogen) atoms. The van der Waals surface area contributed by atoms with E-state index in [-0.39, 0.29) is 0 Å². The van der Waals surface area contributed by atoms with E-state index in [0.717, 1.165) is 22.7 Å². The first-order valence-electron chi connectivity index (χ1n) is 5.65. The second-order valence-corrected chi connectivity index (χ2v) is 6.33. The van der Waals surface area contributed by atoms with Crippen molar-refractivity contribution >= 4 is 22.9 Å². The highest BCUT2D eigenvalue weighted by Crippen LogP contribution is 2.36. The molecule has 3 heteroatoms. The summed E-state index contributed by atoms with van der Waals surface area (Å²) in [5.74, 6) is 1.81. The Kier molecular flexibility index (Phi) is 3.70. The summed E-state index contributed by atoms with van der Waals surface area (Å²) < 4.78 is 0.883. The Morgan fingerprint density at radius 1 is 1.47 bits per heavy atom. The fourth-order valence-electron chi connectivity index (χ4n) is 1.86. The van der Waals surface area contributed by atoms with Crippen molar-refractivity contribution in [1.29, 1.82) is 0 Å². The molecule has 1 aromatic heterocycles. The average Bonchev–Trinajstić information content (AvgIpc) is 2.97. The van der Waals surface area contributed by atoms with Crippen LogP contribution in [-0.4, -0.2) is 6.54 Å². The minimum atomic E-state index is 0.434. The molecular formula is C12H18ClNS. The normalized spacial score (nSPS) is 20.2. The van der Waals surface area contributed by atoms with Crippen molar-refractivity contribution in [3.05, 3.63) is 21.3 Å². The summed E-state index contributed by atoms with van der Waals surface area (Å²) in [6.07, 6.45) is 2.87. The lowest BCUT2D eigenvalue weighted by atomic mass is 10.1. The molecule has 0 spiro atoms. The first-order valence-corrected chi connectivity index (χ1v) is 6.85. The van der Waals surface area contributed by atoms with Crippen LogP contribution in [0.1, 0.15) is 37.6 Å². The van der Waals surface area contributed by atoms with Crippen molar-refractivity contribution in [3.63, 3.8) is 0 Å². The summed E-state index contributed by atoms with van der Waals surface area (Å²) in [6.45, 7) is 5.68. The second kappa shape index (κ2) is 4.86. The molecule has 1 saturated carbocycles. The van der Waals surface area contributed by atoms with Crippen molar-refractivity contribution in [1.82, 2.24) is 5.32 Å². The lowest BCUT2D eigenvalue weighted by Gasteiger charge is -2.16. The molecule has 2 rings (SSSR count). The maximum absolute atomic E-state index is 5.92. The number of hydrogen-bond donors (Lipinski definition) is 1. The predicted octanol–water partition coefficient (Wildman–Crippen LogP) is 4.10. The summed E-state index contributed by atoms with van der Waals surface area (Å²) in [4.78, 5) is 1.34. The Balaban J connectivity index is 1.78. The molecule has 0 aromatic carbocycles. The Labute approximate surface area is 101 Å². The van der Waals surface area contributed by atoms with Crippen molar-refractivity contribution in [2.45, 2.75) is 32.7 Å². The topological polar surface area (TPSA) is 12.0 Å². The monoisotopic (exact) mass is 243 g/mol. The third-order valence-corrected chi connectivity index (χ3v) is 4.61. The van der Waals surface area contributed by atoms with E-state index < -0.39 is 0 Å². The van der Waals surface area contributed by atoms with Gasteiger partial charge in [0, 0.05) is 10.9 Å². The van der Waals surface area contributed by atoms with E-state index in [1.165, 1.54) is 17.7 Å². The third kappa shape index (κ3) is 3.20. The molecule has 0 aliphatic heterocycles. The first-order chi connectivity index (χ1) is 7.16. The van der Waals surface area contributed by atoms with Crippen LogP contribution in [-0.2, 0) is 0 Å². The van der Waals surface area contributed by atoms with Crippen LogP contribution in [0.5, 0.6) is 0 Å². The highest BCUT2D eigenvalue weighted by atomic mass is 35.5. The van der Waals surface area contributed by atoms with Crippen LogP contribution in [0.25, 0.3) is 0 Å². The van der Waals surface area contributed by atoms with Crippen molar-refractivity contribution < 1.29 is 0 Å². The largest absolute Gasteiger partial charge is 0.309 e. The summed E-state index contributed by atoms with van der Waals surface area (Å²) >= 11 is 7.59. The fourth-order valence-corrected chi connectivity index (χ4v) is 2.94. The van der Waals surface area contributed by atoms with Gasteiger partial charge in [0.2, 0.25) is 0 Å². The number of thiophene rings is 1. The van der Waals surface area contributed by atoms with E-state index in [0.29, 0.717) is 6.04 Å². The van der Waals surface area contributed by atoms with Gasteiger partial charge in [-0.15, -0.1) is 11.3 Å². The van der Waals surface area contributed by atoms with Crippen molar-refractivity contribution in [3.8, 4) is 0 Å². The van der Waals surface area contributed by atoms with Gasteiger partial charge in [-0.25, -0.2) is 0 Å². The summed E-state index contributed by atoms with van der Waals surface area (Å²) in [6, 6.07) is 4.53. The van der Waals surface area contributed by atoms with Gasteiger partial charge in [0.1, 0.15) is 0 Å². The second-order valence-electron chi connectivity index (χ2n) is 4.59. The van der Waals surface area contributed by atoms with Gasteiger partial charge >= 0.3 is 0 Å². The smallest absolute Gasteiger partial charge is 0.0931 e. The molecular weight excluding hydrogens is 226 g/mol. The zero-order chi connectivity index (χ0) is 10.8. The van der Waals surface area contributed by atoms with E-state index >= 15 is 0 Å². The van der Waals surface area contributed by atoms with Crippen LogP contribution in [0.4, 0.5) is 0 Å². The van der Waals surface area contributed by atoms with Gasteiger partial charge in [-0.1, -0.05) is 18.5 Å². The quantitative estimate of drug-likeness (QED) is 0.821. The minimum Gasteiger partial charge on any atom is -0.309 e. The molecule has 1 aromatic rings. The number of halogens is 1. The molecule has 1 heterocycles. The molecule has 0 saturated heterocycles. The highest BCUT2D eigenvalue weighted by molar-refractivity contribution is 7.16. The van der Waals surface area contributed by atoms with Gasteiger partial charge in [0.15, 0.2) is 0 Å². The first kappa shape index (κ1) is 11.4. The minimum absolute atomic E-state index is 0.434. The van der Waals surface area contributed by atoms with Gasteiger partial charge in [-0.3, -0.25) is 0 Å². The van der Waals surface area contributed by atoms with E-state index in [2.05, 4.69) is 25.2 Å². The van der Waals surface area contributed by atoms with Crippen molar-refractivity contribution in [2.75, 3.05) is 6.54 Å². The van der Waals surface area contributed by atoms with E-state index in [9.17, 15) is 0 Å². The average molecular weight is 244 g/mol. The van der Waals surface area contributed by atoms with Crippen LogP contribution >= 0.6 is 22.9 Å². The van der Waals surface area contributed by atoms with Gasteiger partial charge in [0.05, 0.1) is 4.34 Å². The lowest BCUT2D eigenvalue weighted by Crippen LogP contribution is -2.24. The molecule has 1 fully saturated rings. The van der Waals surface area contributed by atoms with Crippen LogP contribution in [0.15, 0.2) is 12.1 Å². The molecule has 1 N–H and O–H groups in total. The molecule has 0 amide bonds. The Bertz CT molecular complexity index is 319. The molecule has 1 aliphatic carbocycles. The Hall–Kier alpha value is -0.0500. The van der Waals surface area contributed by atoms with Gasteiger partial charge < -0.3 is 5.32 Å². The summed E-state index contributed by atoms with van der Waals surface area (Å²) in [5, 5.41) is 3.59. The van der Waals surface area contributed by atoms with Crippen LogP contribution < -0.4 is 5.32 Å².